The summed E-state index contributed by atoms with van der Waals surface area (Å²) in [4.78, 5) is 34.9. The number of carbonyl (C=O) groups excluding carboxylic acids is 2. The van der Waals surface area contributed by atoms with Gasteiger partial charge in [0, 0.05) is 44.0 Å². The second kappa shape index (κ2) is 10.9. The lowest BCUT2D eigenvalue weighted by Gasteiger charge is -2.40. The molecule has 1 saturated heterocycles. The molecule has 0 unspecified atom stereocenters. The molecule has 1 aliphatic rings. The second-order valence-corrected chi connectivity index (χ2v) is 9.93. The van der Waals surface area contributed by atoms with E-state index in [0.29, 0.717) is 24.7 Å². The summed E-state index contributed by atoms with van der Waals surface area (Å²) in [5.74, 6) is 0.309. The highest BCUT2D eigenvalue weighted by molar-refractivity contribution is 5.95. The number of amides is 2. The largest absolute Gasteiger partial charge is 0.341 e. The number of aromatic nitrogens is 3. The number of piperidine rings is 1. The predicted octanol–water partition coefficient (Wildman–Crippen LogP) is 4.36. The van der Waals surface area contributed by atoms with Gasteiger partial charge in [-0.15, -0.1) is 0 Å². The number of nitrogens with zero attached hydrogens (tertiary/aromatic N) is 5. The van der Waals surface area contributed by atoms with Crippen molar-refractivity contribution in [3.63, 3.8) is 0 Å². The Morgan fingerprint density at radius 3 is 2.51 bits per heavy atom. The molecule has 1 aliphatic heterocycles. The molecule has 7 heteroatoms. The smallest absolute Gasteiger partial charge is 0.272 e. The van der Waals surface area contributed by atoms with Gasteiger partial charge in [0.1, 0.15) is 12.2 Å². The minimum absolute atomic E-state index is 0.0252. The van der Waals surface area contributed by atoms with Gasteiger partial charge >= 0.3 is 0 Å². The van der Waals surface area contributed by atoms with Gasteiger partial charge in [0.15, 0.2) is 0 Å². The lowest BCUT2D eigenvalue weighted by molar-refractivity contribution is -0.134. The molecule has 37 heavy (non-hydrogen) atoms. The Balaban J connectivity index is 1.30. The van der Waals surface area contributed by atoms with E-state index in [4.69, 9.17) is 0 Å². The third-order valence-corrected chi connectivity index (χ3v) is 7.63. The number of likely N-dealkylation sites (tertiary alicyclic amines) is 1. The molecule has 3 heterocycles. The maximum atomic E-state index is 13.3. The minimum Gasteiger partial charge on any atom is -0.341 e. The average Bonchev–Trinajstić information content (AvgIpc) is 3.45. The van der Waals surface area contributed by atoms with Crippen LogP contribution in [0.5, 0.6) is 0 Å². The Morgan fingerprint density at radius 1 is 1.00 bits per heavy atom. The number of hydrogen-bond donors (Lipinski definition) is 0. The van der Waals surface area contributed by atoms with Crippen LogP contribution in [-0.4, -0.2) is 62.6 Å². The average molecular weight is 496 g/mol. The highest BCUT2D eigenvalue weighted by atomic mass is 16.2. The molecule has 0 radical (unpaired) electrons. The highest BCUT2D eigenvalue weighted by Crippen LogP contribution is 2.28. The van der Waals surface area contributed by atoms with Gasteiger partial charge in [-0.3, -0.25) is 14.3 Å². The molecular formula is C30H33N5O2. The molecule has 5 rings (SSSR count). The number of likely N-dealkylation sites (N-methyl/N-ethyl adjacent to an activating group) is 1. The number of pyridine rings is 1. The highest BCUT2D eigenvalue weighted by Gasteiger charge is 2.33. The molecule has 1 fully saturated rings. The van der Waals surface area contributed by atoms with Gasteiger partial charge in [0.2, 0.25) is 5.91 Å². The van der Waals surface area contributed by atoms with Gasteiger partial charge in [-0.2, -0.15) is 5.10 Å². The lowest BCUT2D eigenvalue weighted by atomic mass is 9.84. The normalized spacial score (nSPS) is 15.0. The van der Waals surface area contributed by atoms with Gasteiger partial charge in [-0.25, -0.2) is 4.98 Å². The second-order valence-electron chi connectivity index (χ2n) is 9.93. The third-order valence-electron chi connectivity index (χ3n) is 7.63. The van der Waals surface area contributed by atoms with E-state index in [2.05, 4.69) is 35.2 Å². The summed E-state index contributed by atoms with van der Waals surface area (Å²) in [5, 5.41) is 5.23. The number of hydrogen-bond acceptors (Lipinski definition) is 4. The van der Waals surface area contributed by atoms with Crippen molar-refractivity contribution in [2.45, 2.75) is 38.8 Å². The minimum atomic E-state index is -0.0252. The zero-order valence-electron chi connectivity index (χ0n) is 21.5. The van der Waals surface area contributed by atoms with E-state index in [-0.39, 0.29) is 24.4 Å². The van der Waals surface area contributed by atoms with Crippen molar-refractivity contribution in [1.29, 1.82) is 0 Å². The first-order chi connectivity index (χ1) is 18.0. The van der Waals surface area contributed by atoms with Crippen LogP contribution in [0.15, 0.2) is 79.1 Å². The lowest BCUT2D eigenvalue weighted by Crippen LogP contribution is -2.49. The van der Waals surface area contributed by atoms with Crippen LogP contribution < -0.4 is 0 Å². The van der Waals surface area contributed by atoms with Gasteiger partial charge in [-0.1, -0.05) is 48.5 Å². The monoisotopic (exact) mass is 495 g/mol. The summed E-state index contributed by atoms with van der Waals surface area (Å²) in [6, 6.07) is 21.9. The number of benzene rings is 2. The molecular weight excluding hydrogens is 462 g/mol. The van der Waals surface area contributed by atoms with Crippen LogP contribution >= 0.6 is 0 Å². The van der Waals surface area contributed by atoms with Crippen molar-refractivity contribution in [3.8, 4) is 0 Å². The Kier molecular flexibility index (Phi) is 7.30. The van der Waals surface area contributed by atoms with Crippen LogP contribution in [0.3, 0.4) is 0 Å². The van der Waals surface area contributed by atoms with Crippen molar-refractivity contribution < 1.29 is 9.59 Å². The number of aryl methyl sites for hydroxylation is 1. The van der Waals surface area contributed by atoms with E-state index in [1.807, 2.05) is 71.6 Å². The molecule has 2 amide bonds. The Labute approximate surface area is 217 Å². The first-order valence-electron chi connectivity index (χ1n) is 12.9. The summed E-state index contributed by atoms with van der Waals surface area (Å²) >= 11 is 0. The van der Waals surface area contributed by atoms with E-state index in [1.54, 1.807) is 10.9 Å². The summed E-state index contributed by atoms with van der Waals surface area (Å²) in [5.41, 5.74) is 3.81. The molecule has 1 atom stereocenters. The van der Waals surface area contributed by atoms with E-state index in [9.17, 15) is 9.59 Å². The van der Waals surface area contributed by atoms with Crippen LogP contribution in [0.1, 0.15) is 34.5 Å². The quantitative estimate of drug-likeness (QED) is 0.382. The van der Waals surface area contributed by atoms with Crippen LogP contribution in [0.2, 0.25) is 0 Å². The molecule has 190 valence electrons. The maximum absolute atomic E-state index is 13.3. The molecule has 0 aliphatic carbocycles. The Bertz CT molecular complexity index is 1380. The molecule has 2 aromatic heterocycles. The molecule has 2 aromatic carbocycles. The SMILES string of the molecule is Cc1ccccc1C[C@H](C1CCN(C(=O)c2ccc3ccccc3n2)CC1)N(C)C(=O)Cn1cccn1. The molecule has 0 N–H and O–H groups in total. The molecule has 0 bridgehead atoms. The van der Waals surface area contributed by atoms with Crippen molar-refractivity contribution in [2.75, 3.05) is 20.1 Å². The van der Waals surface area contributed by atoms with Crippen LogP contribution in [0.25, 0.3) is 10.9 Å². The van der Waals surface area contributed by atoms with Gasteiger partial charge in [-0.05, 0) is 61.4 Å². The zero-order chi connectivity index (χ0) is 25.8. The first kappa shape index (κ1) is 24.7. The molecule has 7 nitrogen and oxygen atoms in total. The van der Waals surface area contributed by atoms with E-state index in [0.717, 1.165) is 30.2 Å². The van der Waals surface area contributed by atoms with E-state index >= 15 is 0 Å². The number of fused-ring (bicyclic) bond motifs is 1. The fourth-order valence-electron chi connectivity index (χ4n) is 5.35. The van der Waals surface area contributed by atoms with Crippen LogP contribution in [0, 0.1) is 12.8 Å². The molecule has 0 spiro atoms. The Morgan fingerprint density at radius 2 is 1.76 bits per heavy atom. The predicted molar refractivity (Wildman–Crippen MR) is 144 cm³/mol. The van der Waals surface area contributed by atoms with Gasteiger partial charge in [0.25, 0.3) is 5.91 Å². The summed E-state index contributed by atoms with van der Waals surface area (Å²) in [7, 11) is 1.91. The summed E-state index contributed by atoms with van der Waals surface area (Å²) in [6.45, 7) is 3.65. The Hall–Kier alpha value is -4.00. The fraction of sp³-hybridized carbons (Fsp3) is 0.333. The zero-order valence-corrected chi connectivity index (χ0v) is 21.5. The van der Waals surface area contributed by atoms with Crippen molar-refractivity contribution in [2.24, 2.45) is 5.92 Å². The van der Waals surface area contributed by atoms with E-state index in [1.165, 1.54) is 11.1 Å². The molecule has 4 aromatic rings. The summed E-state index contributed by atoms with van der Waals surface area (Å²) in [6.07, 6.45) is 5.98. The van der Waals surface area contributed by atoms with Crippen molar-refractivity contribution >= 4 is 22.7 Å². The number of carbonyl (C=O) groups is 2. The molecule has 0 saturated carbocycles. The summed E-state index contributed by atoms with van der Waals surface area (Å²) < 4.78 is 1.67. The van der Waals surface area contributed by atoms with Crippen LogP contribution in [-0.2, 0) is 17.8 Å². The van der Waals surface area contributed by atoms with E-state index < -0.39 is 0 Å². The maximum Gasteiger partial charge on any atom is 0.272 e. The number of para-hydroxylation sites is 1. The third kappa shape index (κ3) is 5.56. The topological polar surface area (TPSA) is 71.3 Å². The number of rotatable bonds is 7. The van der Waals surface area contributed by atoms with Gasteiger partial charge in [0.05, 0.1) is 5.52 Å². The van der Waals surface area contributed by atoms with Crippen molar-refractivity contribution in [1.82, 2.24) is 24.6 Å². The standard InChI is InChI=1S/C30H33N5O2/c1-22-8-3-4-10-25(22)20-28(33(2)29(36)21-35-17-7-16-31-35)24-14-18-34(19-15-24)30(37)27-13-12-23-9-5-6-11-26(23)32-27/h3-13,16-17,24,28H,14-15,18-21H2,1-2H3/t28-/m1/s1. The first-order valence-corrected chi connectivity index (χ1v) is 12.9. The van der Waals surface area contributed by atoms with Crippen LogP contribution in [0.4, 0.5) is 0 Å². The van der Waals surface area contributed by atoms with Gasteiger partial charge < -0.3 is 9.80 Å². The fourth-order valence-corrected chi connectivity index (χ4v) is 5.35. The van der Waals surface area contributed by atoms with Crippen molar-refractivity contribution in [3.05, 3.63) is 95.9 Å².